The van der Waals surface area contributed by atoms with Crippen molar-refractivity contribution < 1.29 is 13.2 Å². The van der Waals surface area contributed by atoms with Crippen LogP contribution in [0.25, 0.3) is 11.3 Å². The summed E-state index contributed by atoms with van der Waals surface area (Å²) >= 11 is 1.25. The molecule has 0 bridgehead atoms. The van der Waals surface area contributed by atoms with Gasteiger partial charge in [0, 0.05) is 10.9 Å². The summed E-state index contributed by atoms with van der Waals surface area (Å²) in [6, 6.07) is 9.79. The second kappa shape index (κ2) is 8.18. The van der Waals surface area contributed by atoms with Crippen LogP contribution in [-0.2, 0) is 0 Å². The van der Waals surface area contributed by atoms with E-state index in [9.17, 15) is 13.2 Å². The lowest BCUT2D eigenvalue weighted by molar-refractivity contribution is 0.579. The van der Waals surface area contributed by atoms with Crippen molar-refractivity contribution in [2.75, 3.05) is 6.54 Å². The first kappa shape index (κ1) is 18.8. The van der Waals surface area contributed by atoms with Gasteiger partial charge in [-0.2, -0.15) is 5.10 Å². The van der Waals surface area contributed by atoms with Gasteiger partial charge in [0.15, 0.2) is 0 Å². The maximum absolute atomic E-state index is 14.2. The standard InChI is InChI=1S/C20H16F3N3S/c1-13(2)10-24-20-26(25-11-15-17(22)8-5-9-18(15)23)19(12-27-20)14-6-3-4-7-16(14)21/h3-9,11-12H,1,10H2,2H3. The van der Waals surface area contributed by atoms with Crippen LogP contribution in [0.4, 0.5) is 13.2 Å². The molecule has 3 aromatic rings. The average Bonchev–Trinajstić information content (AvgIpc) is 3.02. The van der Waals surface area contributed by atoms with Crippen molar-refractivity contribution in [2.45, 2.75) is 6.92 Å². The Balaban J connectivity index is 2.15. The lowest BCUT2D eigenvalue weighted by Gasteiger charge is -2.05. The first-order valence-electron chi connectivity index (χ1n) is 8.06. The number of rotatable bonds is 5. The van der Waals surface area contributed by atoms with Crippen LogP contribution in [0.2, 0.25) is 0 Å². The van der Waals surface area contributed by atoms with Gasteiger partial charge in [0.2, 0.25) is 4.80 Å². The van der Waals surface area contributed by atoms with E-state index in [2.05, 4.69) is 16.7 Å². The molecule has 0 amide bonds. The van der Waals surface area contributed by atoms with Crippen molar-refractivity contribution in [1.82, 2.24) is 4.68 Å². The van der Waals surface area contributed by atoms with Crippen LogP contribution in [0.1, 0.15) is 12.5 Å². The number of benzene rings is 2. The predicted octanol–water partition coefficient (Wildman–Crippen LogP) is 4.99. The molecule has 3 rings (SSSR count). The molecule has 0 aliphatic carbocycles. The van der Waals surface area contributed by atoms with Gasteiger partial charge in [-0.3, -0.25) is 4.99 Å². The van der Waals surface area contributed by atoms with E-state index in [1.807, 2.05) is 6.92 Å². The van der Waals surface area contributed by atoms with E-state index in [4.69, 9.17) is 0 Å². The third kappa shape index (κ3) is 4.25. The molecule has 0 radical (unpaired) electrons. The van der Waals surface area contributed by atoms with Crippen LogP contribution in [0.5, 0.6) is 0 Å². The third-order valence-corrected chi connectivity index (χ3v) is 4.48. The van der Waals surface area contributed by atoms with Crippen LogP contribution >= 0.6 is 11.3 Å². The third-order valence-electron chi connectivity index (χ3n) is 3.62. The molecule has 0 fully saturated rings. The molecule has 7 heteroatoms. The van der Waals surface area contributed by atoms with Crippen LogP contribution in [0.15, 0.2) is 70.1 Å². The Morgan fingerprint density at radius 1 is 1.07 bits per heavy atom. The van der Waals surface area contributed by atoms with Crippen molar-refractivity contribution in [1.29, 1.82) is 0 Å². The van der Waals surface area contributed by atoms with Gasteiger partial charge in [-0.25, -0.2) is 17.8 Å². The molecule has 0 spiro atoms. The highest BCUT2D eigenvalue weighted by molar-refractivity contribution is 7.07. The zero-order valence-corrected chi connectivity index (χ0v) is 15.3. The van der Waals surface area contributed by atoms with E-state index in [0.29, 0.717) is 22.6 Å². The summed E-state index contributed by atoms with van der Waals surface area (Å²) in [6.07, 6.45) is 1.07. The van der Waals surface area contributed by atoms with Crippen LogP contribution < -0.4 is 4.80 Å². The highest BCUT2D eigenvalue weighted by Crippen LogP contribution is 2.23. The molecule has 0 N–H and O–H groups in total. The molecule has 0 aliphatic rings. The Morgan fingerprint density at radius 3 is 2.41 bits per heavy atom. The zero-order valence-electron chi connectivity index (χ0n) is 14.5. The molecule has 0 atom stereocenters. The Kier molecular flexibility index (Phi) is 5.71. The SMILES string of the molecule is C=C(C)CN=c1scc(-c2ccccc2F)n1N=Cc1c(F)cccc1F. The lowest BCUT2D eigenvalue weighted by Crippen LogP contribution is -2.13. The fraction of sp³-hybridized carbons (Fsp3) is 0.100. The fourth-order valence-corrected chi connectivity index (χ4v) is 3.15. The van der Waals surface area contributed by atoms with Gasteiger partial charge in [-0.05, 0) is 31.2 Å². The average molecular weight is 387 g/mol. The number of nitrogens with zero attached hydrogens (tertiary/aromatic N) is 3. The largest absolute Gasteiger partial charge is 0.253 e. The summed E-state index contributed by atoms with van der Waals surface area (Å²) in [5.74, 6) is -1.90. The molecule has 1 aromatic heterocycles. The summed E-state index contributed by atoms with van der Waals surface area (Å²) in [5, 5.41) is 5.88. The van der Waals surface area contributed by atoms with Gasteiger partial charge in [-0.1, -0.05) is 30.4 Å². The highest BCUT2D eigenvalue weighted by atomic mass is 32.1. The van der Waals surface area contributed by atoms with Gasteiger partial charge in [-0.15, -0.1) is 11.3 Å². The quantitative estimate of drug-likeness (QED) is 0.436. The molecule has 0 saturated carbocycles. The van der Waals surface area contributed by atoms with Crippen molar-refractivity contribution in [2.24, 2.45) is 10.1 Å². The summed E-state index contributed by atoms with van der Waals surface area (Å²) in [6.45, 7) is 5.99. The molecule has 0 unspecified atom stereocenters. The Morgan fingerprint density at radius 2 is 1.74 bits per heavy atom. The smallest absolute Gasteiger partial charge is 0.206 e. The number of hydrogen-bond acceptors (Lipinski definition) is 3. The number of thiazole rings is 1. The summed E-state index contributed by atoms with van der Waals surface area (Å²) < 4.78 is 43.4. The normalized spacial score (nSPS) is 12.1. The maximum atomic E-state index is 14.2. The fourth-order valence-electron chi connectivity index (χ4n) is 2.33. The number of hydrogen-bond donors (Lipinski definition) is 0. The van der Waals surface area contributed by atoms with Gasteiger partial charge in [0.05, 0.1) is 24.0 Å². The predicted molar refractivity (Wildman–Crippen MR) is 102 cm³/mol. The van der Waals surface area contributed by atoms with Crippen molar-refractivity contribution >= 4 is 17.6 Å². The molecule has 27 heavy (non-hydrogen) atoms. The van der Waals surface area contributed by atoms with Crippen molar-refractivity contribution in [3.8, 4) is 11.3 Å². The van der Waals surface area contributed by atoms with Crippen molar-refractivity contribution in [3.63, 3.8) is 0 Å². The van der Waals surface area contributed by atoms with Crippen LogP contribution in [0.3, 0.4) is 0 Å². The van der Waals surface area contributed by atoms with E-state index in [0.717, 1.165) is 23.9 Å². The minimum Gasteiger partial charge on any atom is -0.253 e. The minimum absolute atomic E-state index is 0.276. The minimum atomic E-state index is -0.734. The first-order chi connectivity index (χ1) is 13.0. The summed E-state index contributed by atoms with van der Waals surface area (Å²) in [4.78, 5) is 4.86. The summed E-state index contributed by atoms with van der Waals surface area (Å²) in [5.41, 5.74) is 1.32. The molecule has 0 aliphatic heterocycles. The maximum Gasteiger partial charge on any atom is 0.206 e. The van der Waals surface area contributed by atoms with E-state index in [1.54, 1.807) is 23.6 Å². The van der Waals surface area contributed by atoms with Gasteiger partial charge in [0.25, 0.3) is 0 Å². The topological polar surface area (TPSA) is 29.6 Å². The molecular weight excluding hydrogens is 371 g/mol. The Hall–Kier alpha value is -2.93. The Labute approximate surface area is 158 Å². The zero-order chi connectivity index (χ0) is 19.4. The van der Waals surface area contributed by atoms with Crippen LogP contribution in [0, 0.1) is 17.5 Å². The molecular formula is C20H16F3N3S. The van der Waals surface area contributed by atoms with E-state index in [-0.39, 0.29) is 5.56 Å². The van der Waals surface area contributed by atoms with Gasteiger partial charge in [0.1, 0.15) is 17.5 Å². The molecule has 1 heterocycles. The second-order valence-corrected chi connectivity index (χ2v) is 6.68. The molecule has 3 nitrogen and oxygen atoms in total. The number of halogens is 3. The summed E-state index contributed by atoms with van der Waals surface area (Å²) in [7, 11) is 0. The van der Waals surface area contributed by atoms with Crippen LogP contribution in [-0.4, -0.2) is 17.4 Å². The Bertz CT molecular complexity index is 1060. The van der Waals surface area contributed by atoms with E-state index < -0.39 is 17.5 Å². The second-order valence-electron chi connectivity index (χ2n) is 5.85. The molecule has 138 valence electrons. The highest BCUT2D eigenvalue weighted by Gasteiger charge is 2.12. The van der Waals surface area contributed by atoms with E-state index >= 15 is 0 Å². The first-order valence-corrected chi connectivity index (χ1v) is 8.94. The lowest BCUT2D eigenvalue weighted by atomic mass is 10.1. The molecule has 2 aromatic carbocycles. The van der Waals surface area contributed by atoms with Crippen molar-refractivity contribution in [3.05, 3.63) is 87.8 Å². The number of aromatic nitrogens is 1. The van der Waals surface area contributed by atoms with Gasteiger partial charge >= 0.3 is 0 Å². The monoisotopic (exact) mass is 387 g/mol. The van der Waals surface area contributed by atoms with Gasteiger partial charge < -0.3 is 0 Å². The molecule has 0 saturated heterocycles. The van der Waals surface area contributed by atoms with E-state index in [1.165, 1.54) is 28.1 Å².